The number of anilines is 2. The minimum Gasteiger partial charge on any atom is -0.356 e. The highest BCUT2D eigenvalue weighted by Gasteiger charge is 2.32. The summed E-state index contributed by atoms with van der Waals surface area (Å²) in [4.78, 5) is 18.5. The largest absolute Gasteiger partial charge is 0.356 e. The standard InChI is InChI=1S/C20H28N6O/c1-14-3-2-8-26(12-14)18-11-17(21-13-22-18)25-9-6-15(7-10-25)19-23-20(27-24-19)16-4-5-16/h11,13-16H,2-10,12H2,1H3. The van der Waals surface area contributed by atoms with E-state index in [1.807, 2.05) is 0 Å². The summed E-state index contributed by atoms with van der Waals surface area (Å²) >= 11 is 0. The Labute approximate surface area is 160 Å². The summed E-state index contributed by atoms with van der Waals surface area (Å²) in [7, 11) is 0. The molecule has 144 valence electrons. The van der Waals surface area contributed by atoms with Gasteiger partial charge in [0.2, 0.25) is 5.89 Å². The van der Waals surface area contributed by atoms with Gasteiger partial charge in [0.05, 0.1) is 0 Å². The third-order valence-electron chi connectivity index (χ3n) is 6.19. The van der Waals surface area contributed by atoms with Gasteiger partial charge in [-0.15, -0.1) is 0 Å². The van der Waals surface area contributed by atoms with E-state index in [0.717, 1.165) is 68.3 Å². The topological polar surface area (TPSA) is 71.2 Å². The molecule has 3 aliphatic rings. The van der Waals surface area contributed by atoms with E-state index in [1.165, 1.54) is 25.7 Å². The van der Waals surface area contributed by atoms with Crippen LogP contribution in [0.5, 0.6) is 0 Å². The molecule has 0 radical (unpaired) electrons. The van der Waals surface area contributed by atoms with Crippen LogP contribution >= 0.6 is 0 Å². The van der Waals surface area contributed by atoms with Crippen LogP contribution in [-0.2, 0) is 0 Å². The number of aromatic nitrogens is 4. The van der Waals surface area contributed by atoms with Gasteiger partial charge in [0.25, 0.3) is 0 Å². The van der Waals surface area contributed by atoms with Crippen molar-refractivity contribution in [3.05, 3.63) is 24.1 Å². The average molecular weight is 368 g/mol. The number of nitrogens with zero attached hydrogens (tertiary/aromatic N) is 6. The van der Waals surface area contributed by atoms with Crippen molar-refractivity contribution in [2.75, 3.05) is 36.0 Å². The summed E-state index contributed by atoms with van der Waals surface area (Å²) < 4.78 is 5.44. The molecule has 4 heterocycles. The highest BCUT2D eigenvalue weighted by molar-refractivity contribution is 5.50. The van der Waals surface area contributed by atoms with Crippen molar-refractivity contribution in [3.63, 3.8) is 0 Å². The molecule has 1 aliphatic carbocycles. The van der Waals surface area contributed by atoms with Crippen molar-refractivity contribution < 1.29 is 4.52 Å². The van der Waals surface area contributed by atoms with Gasteiger partial charge in [-0.1, -0.05) is 12.1 Å². The Hall–Kier alpha value is -2.18. The molecule has 1 unspecified atom stereocenters. The van der Waals surface area contributed by atoms with Gasteiger partial charge >= 0.3 is 0 Å². The summed E-state index contributed by atoms with van der Waals surface area (Å²) in [6.07, 6.45) is 8.78. The van der Waals surface area contributed by atoms with Crippen LogP contribution in [0.3, 0.4) is 0 Å². The SMILES string of the molecule is CC1CCCN(c2cc(N3CCC(c4noc(C5CC5)n4)CC3)ncn2)C1. The van der Waals surface area contributed by atoms with Crippen molar-refractivity contribution in [2.45, 2.75) is 57.3 Å². The maximum Gasteiger partial charge on any atom is 0.229 e. The van der Waals surface area contributed by atoms with Crippen molar-refractivity contribution >= 4 is 11.6 Å². The summed E-state index contributed by atoms with van der Waals surface area (Å²) in [5.41, 5.74) is 0. The van der Waals surface area contributed by atoms with E-state index in [2.05, 4.69) is 42.9 Å². The zero-order valence-corrected chi connectivity index (χ0v) is 16.0. The molecular weight excluding hydrogens is 340 g/mol. The Morgan fingerprint density at radius 3 is 2.44 bits per heavy atom. The number of hydrogen-bond donors (Lipinski definition) is 0. The van der Waals surface area contributed by atoms with Gasteiger partial charge in [-0.25, -0.2) is 9.97 Å². The maximum absolute atomic E-state index is 5.44. The van der Waals surface area contributed by atoms with E-state index in [-0.39, 0.29) is 0 Å². The lowest BCUT2D eigenvalue weighted by Crippen LogP contribution is -2.36. The molecule has 1 saturated carbocycles. The van der Waals surface area contributed by atoms with Crippen molar-refractivity contribution in [3.8, 4) is 0 Å². The normalized spacial score (nSPS) is 24.4. The number of piperidine rings is 2. The minimum absolute atomic E-state index is 0.404. The van der Waals surface area contributed by atoms with Crippen LogP contribution in [0.4, 0.5) is 11.6 Å². The highest BCUT2D eigenvalue weighted by atomic mass is 16.5. The first-order valence-electron chi connectivity index (χ1n) is 10.4. The van der Waals surface area contributed by atoms with E-state index < -0.39 is 0 Å². The maximum atomic E-state index is 5.44. The molecule has 1 atom stereocenters. The van der Waals surface area contributed by atoms with Gasteiger partial charge in [0.1, 0.15) is 18.0 Å². The minimum atomic E-state index is 0.404. The molecule has 3 fully saturated rings. The first kappa shape index (κ1) is 17.0. The molecule has 0 bridgehead atoms. The fourth-order valence-electron chi connectivity index (χ4n) is 4.36. The van der Waals surface area contributed by atoms with Gasteiger partial charge in [-0.05, 0) is 44.4 Å². The van der Waals surface area contributed by atoms with Crippen LogP contribution in [0.2, 0.25) is 0 Å². The quantitative estimate of drug-likeness (QED) is 0.819. The van der Waals surface area contributed by atoms with Crippen molar-refractivity contribution in [1.29, 1.82) is 0 Å². The Kier molecular flexibility index (Phi) is 4.45. The molecule has 2 aromatic heterocycles. The second-order valence-corrected chi connectivity index (χ2v) is 8.45. The second-order valence-electron chi connectivity index (χ2n) is 8.45. The van der Waals surface area contributed by atoms with Gasteiger partial charge < -0.3 is 14.3 Å². The molecule has 2 aromatic rings. The van der Waals surface area contributed by atoms with Crippen LogP contribution < -0.4 is 9.80 Å². The Morgan fingerprint density at radius 2 is 1.70 bits per heavy atom. The molecule has 7 nitrogen and oxygen atoms in total. The van der Waals surface area contributed by atoms with Crippen molar-refractivity contribution in [1.82, 2.24) is 20.1 Å². The number of hydrogen-bond acceptors (Lipinski definition) is 7. The lowest BCUT2D eigenvalue weighted by atomic mass is 9.96. The zero-order chi connectivity index (χ0) is 18.2. The third-order valence-corrected chi connectivity index (χ3v) is 6.19. The predicted molar refractivity (Wildman–Crippen MR) is 103 cm³/mol. The molecule has 0 N–H and O–H groups in total. The fourth-order valence-corrected chi connectivity index (χ4v) is 4.36. The predicted octanol–water partition coefficient (Wildman–Crippen LogP) is 3.36. The summed E-state index contributed by atoms with van der Waals surface area (Å²) in [6, 6.07) is 2.16. The van der Waals surface area contributed by atoms with E-state index in [1.54, 1.807) is 6.33 Å². The van der Waals surface area contributed by atoms with E-state index in [9.17, 15) is 0 Å². The van der Waals surface area contributed by atoms with Gasteiger partial charge in [0, 0.05) is 44.1 Å². The zero-order valence-electron chi connectivity index (χ0n) is 16.0. The fraction of sp³-hybridized carbons (Fsp3) is 0.700. The Morgan fingerprint density at radius 1 is 0.926 bits per heavy atom. The summed E-state index contributed by atoms with van der Waals surface area (Å²) in [5.74, 6) is 5.55. The smallest absolute Gasteiger partial charge is 0.229 e. The summed E-state index contributed by atoms with van der Waals surface area (Å²) in [6.45, 7) is 6.48. The number of rotatable bonds is 4. The molecule has 5 rings (SSSR count). The Balaban J connectivity index is 1.23. The van der Waals surface area contributed by atoms with E-state index in [4.69, 9.17) is 4.52 Å². The van der Waals surface area contributed by atoms with E-state index in [0.29, 0.717) is 11.8 Å². The Bertz CT molecular complexity index is 780. The molecule has 0 spiro atoms. The van der Waals surface area contributed by atoms with Gasteiger partial charge in [-0.3, -0.25) is 0 Å². The monoisotopic (exact) mass is 368 g/mol. The molecule has 0 aromatic carbocycles. The first-order valence-corrected chi connectivity index (χ1v) is 10.4. The molecule has 27 heavy (non-hydrogen) atoms. The van der Waals surface area contributed by atoms with Crippen LogP contribution in [0.1, 0.15) is 69.0 Å². The molecule has 2 saturated heterocycles. The lowest BCUT2D eigenvalue weighted by Gasteiger charge is -2.34. The molecular formula is C20H28N6O. The molecule has 0 amide bonds. The summed E-state index contributed by atoms with van der Waals surface area (Å²) in [5, 5.41) is 4.24. The van der Waals surface area contributed by atoms with Crippen molar-refractivity contribution in [2.24, 2.45) is 5.92 Å². The lowest BCUT2D eigenvalue weighted by molar-refractivity contribution is 0.364. The highest BCUT2D eigenvalue weighted by Crippen LogP contribution is 2.40. The van der Waals surface area contributed by atoms with Crippen LogP contribution in [-0.4, -0.2) is 46.3 Å². The molecule has 2 aliphatic heterocycles. The second kappa shape index (κ2) is 7.09. The first-order chi connectivity index (χ1) is 13.3. The molecule has 7 heteroatoms. The van der Waals surface area contributed by atoms with Gasteiger partial charge in [0.15, 0.2) is 5.82 Å². The van der Waals surface area contributed by atoms with Gasteiger partial charge in [-0.2, -0.15) is 4.98 Å². The van der Waals surface area contributed by atoms with Crippen LogP contribution in [0.15, 0.2) is 16.9 Å². The third kappa shape index (κ3) is 3.64. The average Bonchev–Trinajstić information content (AvgIpc) is 3.45. The van der Waals surface area contributed by atoms with Crippen LogP contribution in [0.25, 0.3) is 0 Å². The van der Waals surface area contributed by atoms with E-state index >= 15 is 0 Å². The van der Waals surface area contributed by atoms with Crippen LogP contribution in [0, 0.1) is 5.92 Å².